The van der Waals surface area contributed by atoms with Crippen LogP contribution in [0.1, 0.15) is 33.2 Å². The molecule has 0 aromatic carbocycles. The number of ether oxygens (including phenoxy) is 2. The van der Waals surface area contributed by atoms with Gasteiger partial charge in [0.05, 0.1) is 16.7 Å². The Hall–Kier alpha value is -0.990. The molecule has 0 spiro atoms. The number of halogens is 1. The zero-order valence-corrected chi connectivity index (χ0v) is 14.4. The number of amides is 1. The Kier molecular flexibility index (Phi) is 4.46. The molecule has 0 saturated carbocycles. The first-order chi connectivity index (χ1) is 9.30. The Morgan fingerprint density at radius 3 is 2.75 bits per heavy atom. The van der Waals surface area contributed by atoms with E-state index < -0.39 is 5.60 Å². The maximum atomic E-state index is 12.0. The molecule has 1 unspecified atom stereocenters. The normalized spacial score (nSPS) is 19.2. The van der Waals surface area contributed by atoms with Gasteiger partial charge in [0, 0.05) is 19.3 Å². The molecular weight excluding hydrogens is 373 g/mol. The number of rotatable bonds is 2. The highest BCUT2D eigenvalue weighted by molar-refractivity contribution is 14.1. The van der Waals surface area contributed by atoms with Crippen molar-refractivity contribution in [1.29, 1.82) is 0 Å². The lowest BCUT2D eigenvalue weighted by Crippen LogP contribution is -2.35. The van der Waals surface area contributed by atoms with Crippen LogP contribution in [0.25, 0.3) is 0 Å². The van der Waals surface area contributed by atoms with Gasteiger partial charge in [0.25, 0.3) is 0 Å². The summed E-state index contributed by atoms with van der Waals surface area (Å²) in [5, 5.41) is 4.39. The van der Waals surface area contributed by atoms with Crippen molar-refractivity contribution in [2.24, 2.45) is 0 Å². The molecule has 6 nitrogen and oxygen atoms in total. The number of likely N-dealkylation sites (tertiary alicyclic amines) is 1. The van der Waals surface area contributed by atoms with Gasteiger partial charge in [-0.3, -0.25) is 4.68 Å². The number of carbonyl (C=O) groups is 1. The summed E-state index contributed by atoms with van der Waals surface area (Å²) in [5.41, 5.74) is -0.459. The molecule has 1 aliphatic heterocycles. The van der Waals surface area contributed by atoms with Gasteiger partial charge in [0.2, 0.25) is 5.88 Å². The minimum absolute atomic E-state index is 0.180. The monoisotopic (exact) mass is 393 g/mol. The predicted octanol–water partition coefficient (Wildman–Crippen LogP) is 2.68. The molecule has 2 heterocycles. The molecule has 0 N–H and O–H groups in total. The smallest absolute Gasteiger partial charge is 0.410 e. The van der Waals surface area contributed by atoms with E-state index in [9.17, 15) is 4.79 Å². The molecule has 0 radical (unpaired) electrons. The maximum Gasteiger partial charge on any atom is 0.410 e. The quantitative estimate of drug-likeness (QED) is 0.726. The van der Waals surface area contributed by atoms with Crippen LogP contribution in [0.5, 0.6) is 5.88 Å². The summed E-state index contributed by atoms with van der Waals surface area (Å²) in [6, 6.07) is 0.180. The van der Waals surface area contributed by atoms with Crippen LogP contribution in [0, 0.1) is 3.57 Å². The molecule has 1 aromatic rings. The summed E-state index contributed by atoms with van der Waals surface area (Å²) in [6.07, 6.45) is 2.57. The SMILES string of the molecule is COc1nn(C2CCN(C(=O)OC(C)(C)C)C2)cc1I. The molecule has 2 rings (SSSR count). The minimum atomic E-state index is -0.459. The first kappa shape index (κ1) is 15.4. The summed E-state index contributed by atoms with van der Waals surface area (Å²) in [6.45, 7) is 6.94. The zero-order chi connectivity index (χ0) is 14.9. The Bertz CT molecular complexity index is 496. The molecule has 0 aliphatic carbocycles. The van der Waals surface area contributed by atoms with Crippen molar-refractivity contribution in [2.45, 2.75) is 38.8 Å². The topological polar surface area (TPSA) is 56.6 Å². The average molecular weight is 393 g/mol. The Morgan fingerprint density at radius 1 is 1.50 bits per heavy atom. The minimum Gasteiger partial charge on any atom is -0.479 e. The third-order valence-corrected chi connectivity index (χ3v) is 3.78. The van der Waals surface area contributed by atoms with E-state index in [0.717, 1.165) is 9.99 Å². The fourth-order valence-corrected chi connectivity index (χ4v) is 2.74. The highest BCUT2D eigenvalue weighted by Crippen LogP contribution is 2.26. The van der Waals surface area contributed by atoms with Crippen molar-refractivity contribution < 1.29 is 14.3 Å². The van der Waals surface area contributed by atoms with Crippen LogP contribution < -0.4 is 4.74 Å². The average Bonchev–Trinajstić information content (AvgIpc) is 2.92. The van der Waals surface area contributed by atoms with Crippen LogP contribution in [-0.4, -0.2) is 46.6 Å². The molecule has 0 bridgehead atoms. The van der Waals surface area contributed by atoms with E-state index in [4.69, 9.17) is 9.47 Å². The summed E-state index contributed by atoms with van der Waals surface area (Å²) < 4.78 is 13.4. The van der Waals surface area contributed by atoms with Gasteiger partial charge >= 0.3 is 6.09 Å². The first-order valence-corrected chi connectivity index (χ1v) is 7.64. The van der Waals surface area contributed by atoms with Gasteiger partial charge in [0.15, 0.2) is 0 Å². The number of hydrogen-bond acceptors (Lipinski definition) is 4. The van der Waals surface area contributed by atoms with Gasteiger partial charge in [-0.25, -0.2) is 4.79 Å². The standard InChI is InChI=1S/C13H20IN3O3/c1-13(2,3)20-12(18)16-6-5-9(7-16)17-8-10(14)11(15-17)19-4/h8-9H,5-7H2,1-4H3. The van der Waals surface area contributed by atoms with Crippen LogP contribution in [0.15, 0.2) is 6.20 Å². The summed E-state index contributed by atoms with van der Waals surface area (Å²) in [4.78, 5) is 13.7. The second-order valence-electron chi connectivity index (χ2n) is 5.84. The van der Waals surface area contributed by atoms with E-state index in [0.29, 0.717) is 19.0 Å². The largest absolute Gasteiger partial charge is 0.479 e. The zero-order valence-electron chi connectivity index (χ0n) is 12.2. The molecule has 1 fully saturated rings. The van der Waals surface area contributed by atoms with Crippen molar-refractivity contribution >= 4 is 28.7 Å². The van der Waals surface area contributed by atoms with Crippen molar-refractivity contribution in [3.8, 4) is 5.88 Å². The number of methoxy groups -OCH3 is 1. The number of nitrogens with zero attached hydrogens (tertiary/aromatic N) is 3. The number of carbonyl (C=O) groups excluding carboxylic acids is 1. The molecule has 20 heavy (non-hydrogen) atoms. The van der Waals surface area contributed by atoms with Crippen molar-refractivity contribution in [3.63, 3.8) is 0 Å². The highest BCUT2D eigenvalue weighted by atomic mass is 127. The molecule has 1 amide bonds. The van der Waals surface area contributed by atoms with E-state index in [1.165, 1.54) is 0 Å². The van der Waals surface area contributed by atoms with E-state index in [1.807, 2.05) is 31.6 Å². The third kappa shape index (κ3) is 3.56. The van der Waals surface area contributed by atoms with E-state index >= 15 is 0 Å². The molecule has 1 aliphatic rings. The summed E-state index contributed by atoms with van der Waals surface area (Å²) >= 11 is 2.19. The molecule has 1 aromatic heterocycles. The Labute approximate surface area is 132 Å². The lowest BCUT2D eigenvalue weighted by atomic mass is 10.2. The van der Waals surface area contributed by atoms with Gasteiger partial charge in [-0.1, -0.05) is 0 Å². The van der Waals surface area contributed by atoms with E-state index in [1.54, 1.807) is 12.0 Å². The van der Waals surface area contributed by atoms with E-state index in [-0.39, 0.29) is 12.1 Å². The number of aromatic nitrogens is 2. The molecule has 7 heteroatoms. The van der Waals surface area contributed by atoms with Crippen molar-refractivity contribution in [3.05, 3.63) is 9.77 Å². The molecule has 1 saturated heterocycles. The van der Waals surface area contributed by atoms with Crippen LogP contribution in [0.3, 0.4) is 0 Å². The van der Waals surface area contributed by atoms with Gasteiger partial charge in [-0.15, -0.1) is 5.10 Å². The van der Waals surface area contributed by atoms with Crippen molar-refractivity contribution in [2.75, 3.05) is 20.2 Å². The van der Waals surface area contributed by atoms with Gasteiger partial charge in [-0.2, -0.15) is 0 Å². The fourth-order valence-electron chi connectivity index (χ4n) is 2.13. The third-order valence-electron chi connectivity index (χ3n) is 3.04. The first-order valence-electron chi connectivity index (χ1n) is 6.56. The molecule has 112 valence electrons. The molecular formula is C13H20IN3O3. The molecule has 1 atom stereocenters. The maximum absolute atomic E-state index is 12.0. The summed E-state index contributed by atoms with van der Waals surface area (Å²) in [5.74, 6) is 0.626. The van der Waals surface area contributed by atoms with Gasteiger partial charge in [-0.05, 0) is 49.8 Å². The lowest BCUT2D eigenvalue weighted by molar-refractivity contribution is 0.0288. The summed E-state index contributed by atoms with van der Waals surface area (Å²) in [7, 11) is 1.61. The predicted molar refractivity (Wildman–Crippen MR) is 83.0 cm³/mol. The van der Waals surface area contributed by atoms with Crippen LogP contribution in [0.2, 0.25) is 0 Å². The van der Waals surface area contributed by atoms with Gasteiger partial charge in [0.1, 0.15) is 5.60 Å². The lowest BCUT2D eigenvalue weighted by Gasteiger charge is -2.24. The number of hydrogen-bond donors (Lipinski definition) is 0. The Balaban J connectivity index is 1.99. The van der Waals surface area contributed by atoms with Crippen LogP contribution in [0.4, 0.5) is 4.79 Å². The van der Waals surface area contributed by atoms with Crippen LogP contribution in [-0.2, 0) is 4.74 Å². The van der Waals surface area contributed by atoms with Crippen LogP contribution >= 0.6 is 22.6 Å². The van der Waals surface area contributed by atoms with E-state index in [2.05, 4.69) is 27.7 Å². The fraction of sp³-hybridized carbons (Fsp3) is 0.692. The van der Waals surface area contributed by atoms with Gasteiger partial charge < -0.3 is 14.4 Å². The highest BCUT2D eigenvalue weighted by Gasteiger charge is 2.31. The Morgan fingerprint density at radius 2 is 2.20 bits per heavy atom. The second kappa shape index (κ2) is 5.79. The second-order valence-corrected chi connectivity index (χ2v) is 7.00. The van der Waals surface area contributed by atoms with Crippen molar-refractivity contribution in [1.82, 2.24) is 14.7 Å².